The van der Waals surface area contributed by atoms with Gasteiger partial charge in [-0.3, -0.25) is 9.59 Å². The van der Waals surface area contributed by atoms with Crippen molar-refractivity contribution < 1.29 is 4.79 Å². The number of carbonyl (C=O) groups excluding carboxylic acids is 1. The molecule has 0 N–H and O–H groups in total. The van der Waals surface area contributed by atoms with Crippen molar-refractivity contribution in [2.45, 2.75) is 6.92 Å². The lowest BCUT2D eigenvalue weighted by atomic mass is 10.0. The number of ketones is 1. The fourth-order valence-electron chi connectivity index (χ4n) is 3.09. The van der Waals surface area contributed by atoms with Crippen molar-refractivity contribution in [1.29, 1.82) is 5.26 Å². The van der Waals surface area contributed by atoms with Crippen LogP contribution in [0, 0.1) is 11.3 Å². The Hall–Kier alpha value is -3.73. The zero-order valence-corrected chi connectivity index (χ0v) is 17.6. The number of rotatable bonds is 4. The van der Waals surface area contributed by atoms with Crippen LogP contribution in [0.3, 0.4) is 0 Å². The predicted molar refractivity (Wildman–Crippen MR) is 117 cm³/mol. The van der Waals surface area contributed by atoms with Crippen molar-refractivity contribution in [1.82, 2.24) is 19.6 Å². The third kappa shape index (κ3) is 3.87. The summed E-state index contributed by atoms with van der Waals surface area (Å²) in [5.74, 6) is -0.312. The summed E-state index contributed by atoms with van der Waals surface area (Å²) in [6.45, 7) is 1.37. The van der Waals surface area contributed by atoms with E-state index in [1.54, 1.807) is 54.7 Å². The lowest BCUT2D eigenvalue weighted by Gasteiger charge is -2.08. The van der Waals surface area contributed by atoms with Gasteiger partial charge in [-0.1, -0.05) is 23.2 Å². The van der Waals surface area contributed by atoms with E-state index in [1.807, 2.05) is 6.07 Å². The number of nitriles is 1. The van der Waals surface area contributed by atoms with Crippen molar-refractivity contribution in [3.8, 4) is 28.6 Å². The number of nitrogens with zero attached hydrogens (tertiary/aromatic N) is 5. The Morgan fingerprint density at radius 1 is 0.968 bits per heavy atom. The van der Waals surface area contributed by atoms with Gasteiger partial charge in [0.25, 0.3) is 5.56 Å². The molecule has 0 bridgehead atoms. The Balaban J connectivity index is 1.89. The van der Waals surface area contributed by atoms with Crippen molar-refractivity contribution in [3.63, 3.8) is 0 Å². The van der Waals surface area contributed by atoms with Gasteiger partial charge in [-0.15, -0.1) is 0 Å². The molecule has 0 amide bonds. The predicted octanol–water partition coefficient (Wildman–Crippen LogP) is 4.47. The average molecular weight is 450 g/mol. The molecule has 4 aromatic rings. The molecule has 0 saturated carbocycles. The topological polar surface area (TPSA) is 93.6 Å². The van der Waals surface area contributed by atoms with Gasteiger partial charge in [-0.2, -0.15) is 20.1 Å². The van der Waals surface area contributed by atoms with Crippen LogP contribution in [0.25, 0.3) is 22.5 Å². The molecule has 4 rings (SSSR count). The maximum Gasteiger partial charge on any atom is 0.290 e. The monoisotopic (exact) mass is 449 g/mol. The van der Waals surface area contributed by atoms with Gasteiger partial charge in [-0.25, -0.2) is 4.68 Å². The van der Waals surface area contributed by atoms with E-state index in [2.05, 4.69) is 10.2 Å². The molecule has 0 aliphatic rings. The minimum atomic E-state index is -0.615. The highest BCUT2D eigenvalue weighted by Crippen LogP contribution is 2.27. The molecular weight excluding hydrogens is 437 g/mol. The van der Waals surface area contributed by atoms with E-state index in [9.17, 15) is 14.9 Å². The first-order valence-electron chi connectivity index (χ1n) is 9.04. The summed E-state index contributed by atoms with van der Waals surface area (Å²) >= 11 is 11.8. The molecule has 9 heteroatoms. The highest BCUT2D eigenvalue weighted by molar-refractivity contribution is 6.30. The van der Waals surface area contributed by atoms with Gasteiger partial charge in [0.2, 0.25) is 0 Å². The fraction of sp³-hybridized carbons (Fsp3) is 0.0455. The molecule has 7 nitrogen and oxygen atoms in total. The molecule has 0 atom stereocenters. The summed E-state index contributed by atoms with van der Waals surface area (Å²) in [6.07, 6.45) is 2.97. The molecule has 0 fully saturated rings. The minimum Gasteiger partial charge on any atom is -0.293 e. The lowest BCUT2D eigenvalue weighted by Crippen LogP contribution is -2.24. The van der Waals surface area contributed by atoms with E-state index in [0.29, 0.717) is 27.0 Å². The summed E-state index contributed by atoms with van der Waals surface area (Å²) in [7, 11) is 0. The zero-order chi connectivity index (χ0) is 22.1. The first-order valence-corrected chi connectivity index (χ1v) is 9.80. The van der Waals surface area contributed by atoms with E-state index >= 15 is 0 Å². The van der Waals surface area contributed by atoms with Gasteiger partial charge in [0.05, 0.1) is 17.6 Å². The molecule has 0 unspecified atom stereocenters. The number of hydrogen-bond acceptors (Lipinski definition) is 5. The lowest BCUT2D eigenvalue weighted by molar-refractivity contribution is 0.101. The normalized spacial score (nSPS) is 10.6. The number of benzene rings is 2. The molecule has 0 aliphatic carbocycles. The maximum absolute atomic E-state index is 13.0. The van der Waals surface area contributed by atoms with Crippen LogP contribution in [-0.4, -0.2) is 25.3 Å². The first kappa shape index (κ1) is 20.5. The van der Waals surface area contributed by atoms with Crippen molar-refractivity contribution in [2.24, 2.45) is 0 Å². The second kappa shape index (κ2) is 8.19. The smallest absolute Gasteiger partial charge is 0.290 e. The third-order valence-electron chi connectivity index (χ3n) is 4.59. The largest absolute Gasteiger partial charge is 0.293 e. The second-order valence-corrected chi connectivity index (χ2v) is 7.48. The quantitative estimate of drug-likeness (QED) is 0.428. The van der Waals surface area contributed by atoms with Crippen LogP contribution < -0.4 is 5.56 Å². The SMILES string of the molecule is CC(=O)c1nn(-c2ccc(Cl)cc2)cc1-c1cnn(-c2ccc(Cl)cc2)c(=O)c1C#N. The molecule has 2 aromatic carbocycles. The molecule has 152 valence electrons. The fourth-order valence-corrected chi connectivity index (χ4v) is 3.34. The Morgan fingerprint density at radius 3 is 2.10 bits per heavy atom. The molecule has 0 saturated heterocycles. The van der Waals surface area contributed by atoms with Crippen LogP contribution in [-0.2, 0) is 0 Å². The van der Waals surface area contributed by atoms with E-state index in [-0.39, 0.29) is 22.6 Å². The van der Waals surface area contributed by atoms with E-state index in [1.165, 1.54) is 17.8 Å². The van der Waals surface area contributed by atoms with Gasteiger partial charge in [0.1, 0.15) is 17.3 Å². The van der Waals surface area contributed by atoms with Gasteiger partial charge >= 0.3 is 0 Å². The number of aromatic nitrogens is 4. The van der Waals surface area contributed by atoms with E-state index in [0.717, 1.165) is 4.68 Å². The van der Waals surface area contributed by atoms with Crippen LogP contribution in [0.4, 0.5) is 0 Å². The van der Waals surface area contributed by atoms with Gasteiger partial charge in [0, 0.05) is 34.3 Å². The number of halogens is 2. The summed E-state index contributed by atoms with van der Waals surface area (Å²) < 4.78 is 2.60. The second-order valence-electron chi connectivity index (χ2n) is 6.61. The standard InChI is InChI=1S/C22H13Cl2N5O2/c1-13(30)21-20(12-28(27-21)16-6-2-14(23)3-7-16)19-11-26-29(22(31)18(19)10-25)17-8-4-15(24)5-9-17/h2-9,11-12H,1H3. The molecule has 0 spiro atoms. The van der Waals surface area contributed by atoms with Crippen LogP contribution >= 0.6 is 23.2 Å². The third-order valence-corrected chi connectivity index (χ3v) is 5.09. The molecule has 0 radical (unpaired) electrons. The molecular formula is C22H13Cl2N5O2. The Kier molecular flexibility index (Phi) is 5.42. The summed E-state index contributed by atoms with van der Waals surface area (Å²) in [6, 6.07) is 15.3. The van der Waals surface area contributed by atoms with Gasteiger partial charge in [0.15, 0.2) is 5.78 Å². The highest BCUT2D eigenvalue weighted by atomic mass is 35.5. The average Bonchev–Trinajstić information content (AvgIpc) is 3.20. The summed E-state index contributed by atoms with van der Waals surface area (Å²) in [5.41, 5.74) is 1.05. The van der Waals surface area contributed by atoms with Crippen molar-refractivity contribution >= 4 is 29.0 Å². The van der Waals surface area contributed by atoms with Gasteiger partial charge in [-0.05, 0) is 48.5 Å². The summed E-state index contributed by atoms with van der Waals surface area (Å²) in [5, 5.41) is 19.3. The first-order chi connectivity index (χ1) is 14.9. The number of carbonyl (C=O) groups is 1. The maximum atomic E-state index is 13.0. The Morgan fingerprint density at radius 2 is 1.55 bits per heavy atom. The van der Waals surface area contributed by atoms with Crippen LogP contribution in [0.1, 0.15) is 23.0 Å². The Labute approximate surface area is 186 Å². The van der Waals surface area contributed by atoms with E-state index in [4.69, 9.17) is 23.2 Å². The molecule has 2 aromatic heterocycles. The van der Waals surface area contributed by atoms with Crippen LogP contribution in [0.2, 0.25) is 10.0 Å². The van der Waals surface area contributed by atoms with Crippen molar-refractivity contribution in [3.05, 3.63) is 92.6 Å². The molecule has 2 heterocycles. The number of hydrogen-bond donors (Lipinski definition) is 0. The number of Topliss-reactive ketones (excluding diaryl/α,β-unsaturated/α-hetero) is 1. The van der Waals surface area contributed by atoms with E-state index < -0.39 is 5.56 Å². The van der Waals surface area contributed by atoms with Crippen LogP contribution in [0.15, 0.2) is 65.7 Å². The minimum absolute atomic E-state index is 0.122. The van der Waals surface area contributed by atoms with Crippen molar-refractivity contribution in [2.75, 3.05) is 0 Å². The highest BCUT2D eigenvalue weighted by Gasteiger charge is 2.21. The Bertz CT molecular complexity index is 1400. The van der Waals surface area contributed by atoms with Crippen LogP contribution in [0.5, 0.6) is 0 Å². The molecule has 31 heavy (non-hydrogen) atoms. The zero-order valence-electron chi connectivity index (χ0n) is 16.1. The van der Waals surface area contributed by atoms with Gasteiger partial charge < -0.3 is 0 Å². The summed E-state index contributed by atoms with van der Waals surface area (Å²) in [4.78, 5) is 25.2. The molecule has 0 aliphatic heterocycles.